The maximum absolute atomic E-state index is 5.59. The third-order valence-corrected chi connectivity index (χ3v) is 3.32. The number of H-pyrrole nitrogens is 1. The summed E-state index contributed by atoms with van der Waals surface area (Å²) in [6, 6.07) is 14.1. The number of hydrogen-bond acceptors (Lipinski definition) is 3. The Labute approximate surface area is 117 Å². The van der Waals surface area contributed by atoms with Crippen LogP contribution in [0.4, 0.5) is 0 Å². The number of ether oxygens (including phenoxy) is 1. The molecule has 1 aromatic heterocycles. The molecule has 0 atom stereocenters. The van der Waals surface area contributed by atoms with Gasteiger partial charge in [0.25, 0.3) is 0 Å². The number of imidazole rings is 1. The van der Waals surface area contributed by atoms with Crippen molar-refractivity contribution in [1.82, 2.24) is 9.97 Å². The molecule has 2 aromatic carbocycles. The predicted octanol–water partition coefficient (Wildman–Crippen LogP) is 2.74. The van der Waals surface area contributed by atoms with Crippen LogP contribution >= 0.6 is 0 Å². The van der Waals surface area contributed by atoms with E-state index in [0.29, 0.717) is 6.54 Å². The van der Waals surface area contributed by atoms with E-state index in [-0.39, 0.29) is 0 Å². The van der Waals surface area contributed by atoms with Crippen molar-refractivity contribution in [2.24, 2.45) is 5.73 Å². The van der Waals surface area contributed by atoms with Gasteiger partial charge in [-0.3, -0.25) is 0 Å². The number of hydrogen-bond donors (Lipinski definition) is 2. The van der Waals surface area contributed by atoms with Crippen LogP contribution in [0.2, 0.25) is 0 Å². The molecule has 0 aliphatic carbocycles. The van der Waals surface area contributed by atoms with Crippen molar-refractivity contribution in [2.45, 2.75) is 6.42 Å². The average Bonchev–Trinajstić information content (AvgIpc) is 2.91. The highest BCUT2D eigenvalue weighted by Crippen LogP contribution is 2.24. The van der Waals surface area contributed by atoms with Crippen LogP contribution in [0.5, 0.6) is 5.75 Å². The fraction of sp³-hybridized carbons (Fsp3) is 0.188. The Kier molecular flexibility index (Phi) is 3.39. The Morgan fingerprint density at radius 3 is 2.90 bits per heavy atom. The summed E-state index contributed by atoms with van der Waals surface area (Å²) in [4.78, 5) is 7.97. The fourth-order valence-electron chi connectivity index (χ4n) is 2.29. The lowest BCUT2D eigenvalue weighted by atomic mass is 10.1. The number of rotatable bonds is 4. The zero-order valence-corrected chi connectivity index (χ0v) is 11.4. The number of aromatic nitrogens is 2. The van der Waals surface area contributed by atoms with E-state index in [1.165, 1.54) is 5.56 Å². The van der Waals surface area contributed by atoms with E-state index >= 15 is 0 Å². The molecule has 0 bridgehead atoms. The van der Waals surface area contributed by atoms with Crippen LogP contribution in [-0.2, 0) is 6.42 Å². The largest absolute Gasteiger partial charge is 0.497 e. The number of methoxy groups -OCH3 is 1. The first kappa shape index (κ1) is 12.7. The van der Waals surface area contributed by atoms with Crippen LogP contribution in [0.1, 0.15) is 5.56 Å². The molecule has 4 heteroatoms. The Morgan fingerprint density at radius 1 is 1.20 bits per heavy atom. The van der Waals surface area contributed by atoms with Gasteiger partial charge in [-0.25, -0.2) is 4.98 Å². The molecule has 0 saturated heterocycles. The third-order valence-electron chi connectivity index (χ3n) is 3.32. The molecular weight excluding hydrogens is 250 g/mol. The molecular formula is C16H17N3O. The molecule has 3 aromatic rings. The predicted molar refractivity (Wildman–Crippen MR) is 80.8 cm³/mol. The van der Waals surface area contributed by atoms with Crippen molar-refractivity contribution in [2.75, 3.05) is 13.7 Å². The summed E-state index contributed by atoms with van der Waals surface area (Å²) in [6.07, 6.45) is 0.878. The molecule has 0 aliphatic heterocycles. The van der Waals surface area contributed by atoms with E-state index in [4.69, 9.17) is 10.5 Å². The first-order valence-electron chi connectivity index (χ1n) is 6.63. The number of fused-ring (bicyclic) bond motifs is 1. The molecule has 0 unspecified atom stereocenters. The Balaban J connectivity index is 2.03. The summed E-state index contributed by atoms with van der Waals surface area (Å²) < 4.78 is 5.25. The minimum Gasteiger partial charge on any atom is -0.497 e. The lowest BCUT2D eigenvalue weighted by molar-refractivity contribution is 0.415. The molecule has 102 valence electrons. The quantitative estimate of drug-likeness (QED) is 0.764. The van der Waals surface area contributed by atoms with E-state index in [9.17, 15) is 0 Å². The Hall–Kier alpha value is -2.33. The van der Waals surface area contributed by atoms with Crippen LogP contribution in [0, 0.1) is 0 Å². The van der Waals surface area contributed by atoms with Crippen LogP contribution < -0.4 is 10.5 Å². The molecule has 0 spiro atoms. The summed E-state index contributed by atoms with van der Waals surface area (Å²) in [6.45, 7) is 0.655. The zero-order valence-electron chi connectivity index (χ0n) is 11.4. The van der Waals surface area contributed by atoms with Gasteiger partial charge in [0, 0.05) is 5.56 Å². The smallest absolute Gasteiger partial charge is 0.138 e. The molecule has 20 heavy (non-hydrogen) atoms. The summed E-state index contributed by atoms with van der Waals surface area (Å²) >= 11 is 0. The van der Waals surface area contributed by atoms with Crippen LogP contribution in [0.3, 0.4) is 0 Å². The van der Waals surface area contributed by atoms with Gasteiger partial charge in [-0.15, -0.1) is 0 Å². The lowest BCUT2D eigenvalue weighted by Crippen LogP contribution is -2.02. The van der Waals surface area contributed by atoms with Crippen LogP contribution in [0.25, 0.3) is 22.4 Å². The van der Waals surface area contributed by atoms with Gasteiger partial charge in [-0.1, -0.05) is 18.2 Å². The molecule has 3 rings (SSSR count). The standard InChI is InChI=1S/C16H17N3O/c1-20-13-4-2-3-12(10-13)16-18-14-6-5-11(7-8-17)9-15(14)19-16/h2-6,9-10H,7-8,17H2,1H3,(H,18,19). The van der Waals surface area contributed by atoms with Gasteiger partial charge in [0.05, 0.1) is 18.1 Å². The second-order valence-corrected chi connectivity index (χ2v) is 4.71. The first-order valence-corrected chi connectivity index (χ1v) is 6.63. The van der Waals surface area contributed by atoms with Gasteiger partial charge in [0.1, 0.15) is 11.6 Å². The summed E-state index contributed by atoms with van der Waals surface area (Å²) in [5.74, 6) is 1.68. The highest BCUT2D eigenvalue weighted by atomic mass is 16.5. The van der Waals surface area contributed by atoms with Crippen molar-refractivity contribution in [3.05, 3.63) is 48.0 Å². The van der Waals surface area contributed by atoms with Gasteiger partial charge in [-0.05, 0) is 42.8 Å². The highest BCUT2D eigenvalue weighted by molar-refractivity contribution is 5.80. The third kappa shape index (κ3) is 2.38. The number of nitrogens with zero attached hydrogens (tertiary/aromatic N) is 1. The highest BCUT2D eigenvalue weighted by Gasteiger charge is 2.06. The van der Waals surface area contributed by atoms with Gasteiger partial charge >= 0.3 is 0 Å². The molecule has 0 radical (unpaired) electrons. The van der Waals surface area contributed by atoms with Crippen molar-refractivity contribution in [3.8, 4) is 17.1 Å². The Bertz CT molecular complexity index is 733. The topological polar surface area (TPSA) is 63.9 Å². The number of benzene rings is 2. The number of nitrogens with two attached hydrogens (primary N) is 1. The summed E-state index contributed by atoms with van der Waals surface area (Å²) in [7, 11) is 1.66. The molecule has 0 aliphatic rings. The minimum absolute atomic E-state index is 0.655. The second-order valence-electron chi connectivity index (χ2n) is 4.71. The van der Waals surface area contributed by atoms with Crippen LogP contribution in [-0.4, -0.2) is 23.6 Å². The van der Waals surface area contributed by atoms with E-state index < -0.39 is 0 Å². The number of nitrogens with one attached hydrogen (secondary N) is 1. The molecule has 0 amide bonds. The van der Waals surface area contributed by atoms with Crippen LogP contribution in [0.15, 0.2) is 42.5 Å². The Morgan fingerprint density at radius 2 is 2.10 bits per heavy atom. The zero-order chi connectivity index (χ0) is 13.9. The maximum Gasteiger partial charge on any atom is 0.138 e. The van der Waals surface area contributed by atoms with E-state index in [1.807, 2.05) is 30.3 Å². The van der Waals surface area contributed by atoms with Crippen molar-refractivity contribution in [3.63, 3.8) is 0 Å². The van der Waals surface area contributed by atoms with E-state index in [2.05, 4.69) is 22.1 Å². The normalized spacial score (nSPS) is 10.9. The molecule has 4 nitrogen and oxygen atoms in total. The lowest BCUT2D eigenvalue weighted by Gasteiger charge is -2.01. The number of aromatic amines is 1. The minimum atomic E-state index is 0.655. The fourth-order valence-corrected chi connectivity index (χ4v) is 2.29. The average molecular weight is 267 g/mol. The van der Waals surface area contributed by atoms with Gasteiger partial charge in [-0.2, -0.15) is 0 Å². The van der Waals surface area contributed by atoms with Gasteiger partial charge in [0.15, 0.2) is 0 Å². The summed E-state index contributed by atoms with van der Waals surface area (Å²) in [5, 5.41) is 0. The van der Waals surface area contributed by atoms with E-state index in [1.54, 1.807) is 7.11 Å². The SMILES string of the molecule is COc1cccc(-c2nc3ccc(CCN)cc3[nH]2)c1. The maximum atomic E-state index is 5.59. The second kappa shape index (κ2) is 5.35. The van der Waals surface area contributed by atoms with Crippen molar-refractivity contribution in [1.29, 1.82) is 0 Å². The van der Waals surface area contributed by atoms with E-state index in [0.717, 1.165) is 34.6 Å². The van der Waals surface area contributed by atoms with Crippen molar-refractivity contribution < 1.29 is 4.74 Å². The summed E-state index contributed by atoms with van der Waals surface area (Å²) in [5.41, 5.74) is 9.83. The van der Waals surface area contributed by atoms with Gasteiger partial charge < -0.3 is 15.5 Å². The van der Waals surface area contributed by atoms with Gasteiger partial charge in [0.2, 0.25) is 0 Å². The van der Waals surface area contributed by atoms with Crippen molar-refractivity contribution >= 4 is 11.0 Å². The molecule has 0 fully saturated rings. The molecule has 0 saturated carbocycles. The monoisotopic (exact) mass is 267 g/mol. The first-order chi connectivity index (χ1) is 9.80. The molecule has 1 heterocycles. The molecule has 3 N–H and O–H groups in total.